The van der Waals surface area contributed by atoms with Crippen LogP contribution in [0.3, 0.4) is 0 Å². The van der Waals surface area contributed by atoms with E-state index in [0.717, 1.165) is 4.88 Å². The maximum absolute atomic E-state index is 12.0. The largest absolute Gasteiger partial charge is 0.466 e. The van der Waals surface area contributed by atoms with E-state index in [0.29, 0.717) is 15.5 Å². The number of nitrogens with zero attached hydrogens (tertiary/aromatic N) is 1. The van der Waals surface area contributed by atoms with Crippen LogP contribution >= 0.6 is 22.9 Å². The van der Waals surface area contributed by atoms with Gasteiger partial charge in [0.15, 0.2) is 0 Å². The highest BCUT2D eigenvalue weighted by Crippen LogP contribution is 2.40. The molecule has 0 fully saturated rings. The summed E-state index contributed by atoms with van der Waals surface area (Å²) in [6.45, 7) is 0. The monoisotopic (exact) mass is 327 g/mol. The van der Waals surface area contributed by atoms with Crippen molar-refractivity contribution in [2.45, 2.75) is 5.92 Å². The Balaban J connectivity index is 2.54. The van der Waals surface area contributed by atoms with E-state index in [-0.39, 0.29) is 0 Å². The standard InChI is InChI=1S/C14H14ClNO4S/c1-16-6-8(13(17)19-2)12(9(7-16)14(18)20-3)10-4-5-11(15)21-10/h4-7,12H,1-3H3. The van der Waals surface area contributed by atoms with Crippen LogP contribution < -0.4 is 0 Å². The Hall–Kier alpha value is -1.79. The summed E-state index contributed by atoms with van der Waals surface area (Å²) in [5, 5.41) is 0. The van der Waals surface area contributed by atoms with E-state index in [4.69, 9.17) is 21.1 Å². The lowest BCUT2D eigenvalue weighted by molar-refractivity contribution is -0.137. The van der Waals surface area contributed by atoms with E-state index in [9.17, 15) is 9.59 Å². The van der Waals surface area contributed by atoms with E-state index in [1.54, 1.807) is 36.5 Å². The van der Waals surface area contributed by atoms with Gasteiger partial charge in [-0.05, 0) is 12.1 Å². The number of thiophene rings is 1. The maximum atomic E-state index is 12.0. The van der Waals surface area contributed by atoms with Crippen molar-refractivity contribution in [3.8, 4) is 0 Å². The zero-order valence-electron chi connectivity index (χ0n) is 11.8. The van der Waals surface area contributed by atoms with Crippen molar-refractivity contribution < 1.29 is 19.1 Å². The average Bonchev–Trinajstić information content (AvgIpc) is 2.90. The summed E-state index contributed by atoms with van der Waals surface area (Å²) in [5.41, 5.74) is 0.725. The highest BCUT2D eigenvalue weighted by molar-refractivity contribution is 7.16. The fraction of sp³-hybridized carbons (Fsp3) is 0.286. The van der Waals surface area contributed by atoms with Crippen molar-refractivity contribution in [1.82, 2.24) is 4.90 Å². The maximum Gasteiger partial charge on any atom is 0.336 e. The quantitative estimate of drug-likeness (QED) is 0.799. The van der Waals surface area contributed by atoms with Crippen LogP contribution in [0.1, 0.15) is 10.8 Å². The van der Waals surface area contributed by atoms with Gasteiger partial charge in [0.05, 0.1) is 35.6 Å². The molecule has 0 radical (unpaired) electrons. The van der Waals surface area contributed by atoms with Crippen LogP contribution in [0, 0.1) is 0 Å². The summed E-state index contributed by atoms with van der Waals surface area (Å²) in [6, 6.07) is 3.51. The van der Waals surface area contributed by atoms with Gasteiger partial charge < -0.3 is 14.4 Å². The third kappa shape index (κ3) is 3.11. The number of carbonyl (C=O) groups is 2. The Morgan fingerprint density at radius 1 is 1.14 bits per heavy atom. The van der Waals surface area contributed by atoms with E-state index in [2.05, 4.69) is 0 Å². The molecule has 0 atom stereocenters. The highest BCUT2D eigenvalue weighted by atomic mass is 35.5. The van der Waals surface area contributed by atoms with Crippen LogP contribution in [0.25, 0.3) is 0 Å². The first-order valence-corrected chi connectivity index (χ1v) is 7.24. The molecule has 2 rings (SSSR count). The molecule has 0 saturated carbocycles. The number of hydrogen-bond acceptors (Lipinski definition) is 6. The molecule has 112 valence electrons. The fourth-order valence-electron chi connectivity index (χ4n) is 2.16. The lowest BCUT2D eigenvalue weighted by atomic mass is 9.88. The number of halogens is 1. The van der Waals surface area contributed by atoms with E-state index < -0.39 is 17.9 Å². The fourth-order valence-corrected chi connectivity index (χ4v) is 3.36. The van der Waals surface area contributed by atoms with Gasteiger partial charge >= 0.3 is 11.9 Å². The van der Waals surface area contributed by atoms with Crippen molar-refractivity contribution in [1.29, 1.82) is 0 Å². The Kier molecular flexibility index (Phi) is 4.69. The van der Waals surface area contributed by atoms with Gasteiger partial charge in [-0.15, -0.1) is 11.3 Å². The minimum Gasteiger partial charge on any atom is -0.466 e. The second kappa shape index (κ2) is 6.32. The van der Waals surface area contributed by atoms with E-state index in [1.807, 2.05) is 0 Å². The lowest BCUT2D eigenvalue weighted by Crippen LogP contribution is -2.26. The van der Waals surface area contributed by atoms with Gasteiger partial charge in [0.1, 0.15) is 0 Å². The average molecular weight is 328 g/mol. The van der Waals surface area contributed by atoms with Crippen molar-refractivity contribution in [2.75, 3.05) is 21.3 Å². The minimum absolute atomic E-state index is 0.362. The molecule has 5 nitrogen and oxygen atoms in total. The summed E-state index contributed by atoms with van der Waals surface area (Å²) in [7, 11) is 4.33. The van der Waals surface area contributed by atoms with Crippen LogP contribution in [-0.4, -0.2) is 38.1 Å². The molecule has 0 aromatic carbocycles. The third-order valence-corrected chi connectivity index (χ3v) is 4.32. The van der Waals surface area contributed by atoms with Gasteiger partial charge in [0.2, 0.25) is 0 Å². The zero-order valence-corrected chi connectivity index (χ0v) is 13.3. The van der Waals surface area contributed by atoms with Gasteiger partial charge in [-0.2, -0.15) is 0 Å². The number of rotatable bonds is 3. The van der Waals surface area contributed by atoms with Crippen molar-refractivity contribution in [3.63, 3.8) is 0 Å². The molecule has 7 heteroatoms. The van der Waals surface area contributed by atoms with Crippen molar-refractivity contribution in [3.05, 3.63) is 44.9 Å². The molecule has 0 aliphatic carbocycles. The first-order valence-electron chi connectivity index (χ1n) is 6.05. The predicted octanol–water partition coefficient (Wildman–Crippen LogP) is 2.54. The molecule has 0 spiro atoms. The molecule has 0 amide bonds. The molecule has 1 aliphatic rings. The minimum atomic E-state index is -0.543. The molecular formula is C14H14ClNO4S. The Bertz CT molecular complexity index is 601. The lowest BCUT2D eigenvalue weighted by Gasteiger charge is -2.26. The predicted molar refractivity (Wildman–Crippen MR) is 80.0 cm³/mol. The Morgan fingerprint density at radius 3 is 2.05 bits per heavy atom. The Morgan fingerprint density at radius 2 is 1.67 bits per heavy atom. The van der Waals surface area contributed by atoms with Crippen LogP contribution in [0.15, 0.2) is 35.7 Å². The molecule has 1 aliphatic heterocycles. The van der Waals surface area contributed by atoms with Gasteiger partial charge in [-0.3, -0.25) is 0 Å². The number of carbonyl (C=O) groups excluding carboxylic acids is 2. The normalized spacial score (nSPS) is 15.3. The number of hydrogen-bond donors (Lipinski definition) is 0. The summed E-state index contributed by atoms with van der Waals surface area (Å²) in [4.78, 5) is 26.5. The first kappa shape index (κ1) is 15.6. The Labute approximate surface area is 131 Å². The summed E-state index contributed by atoms with van der Waals surface area (Å²) in [5.74, 6) is -1.53. The number of ether oxygens (including phenoxy) is 2. The first-order chi connectivity index (χ1) is 9.97. The SMILES string of the molecule is COC(=O)C1=CN(C)C=C(C(=O)OC)C1c1ccc(Cl)s1. The second-order valence-corrected chi connectivity index (χ2v) is 6.14. The highest BCUT2D eigenvalue weighted by Gasteiger charge is 2.35. The molecule has 0 bridgehead atoms. The molecule has 1 aromatic rings. The van der Waals surface area contributed by atoms with Gasteiger partial charge in [0, 0.05) is 24.3 Å². The number of methoxy groups -OCH3 is 2. The molecule has 2 heterocycles. The van der Waals surface area contributed by atoms with Gasteiger partial charge in [0.25, 0.3) is 0 Å². The van der Waals surface area contributed by atoms with Crippen molar-refractivity contribution in [2.24, 2.45) is 0 Å². The summed E-state index contributed by atoms with van der Waals surface area (Å²) in [6.07, 6.45) is 3.27. The topological polar surface area (TPSA) is 55.8 Å². The van der Waals surface area contributed by atoms with Crippen LogP contribution in [0.5, 0.6) is 0 Å². The molecule has 0 N–H and O–H groups in total. The van der Waals surface area contributed by atoms with Crippen molar-refractivity contribution >= 4 is 34.9 Å². The molecular weight excluding hydrogens is 314 g/mol. The van der Waals surface area contributed by atoms with Crippen LogP contribution in [-0.2, 0) is 19.1 Å². The third-order valence-electron chi connectivity index (χ3n) is 3.03. The van der Waals surface area contributed by atoms with Crippen LogP contribution in [0.2, 0.25) is 4.34 Å². The smallest absolute Gasteiger partial charge is 0.336 e. The van der Waals surface area contributed by atoms with E-state index in [1.165, 1.54) is 25.6 Å². The molecule has 1 aromatic heterocycles. The van der Waals surface area contributed by atoms with Crippen LogP contribution in [0.4, 0.5) is 0 Å². The zero-order chi connectivity index (χ0) is 15.6. The molecule has 21 heavy (non-hydrogen) atoms. The summed E-state index contributed by atoms with van der Waals surface area (Å²) < 4.78 is 10.2. The van der Waals surface area contributed by atoms with Gasteiger partial charge in [-0.25, -0.2) is 9.59 Å². The number of esters is 2. The second-order valence-electron chi connectivity index (χ2n) is 4.39. The van der Waals surface area contributed by atoms with E-state index >= 15 is 0 Å². The van der Waals surface area contributed by atoms with Gasteiger partial charge in [-0.1, -0.05) is 11.6 Å². The molecule has 0 saturated heterocycles. The summed E-state index contributed by atoms with van der Waals surface area (Å²) >= 11 is 7.28. The molecule has 0 unspecified atom stereocenters.